The Bertz CT molecular complexity index is 801. The van der Waals surface area contributed by atoms with E-state index in [0.29, 0.717) is 10.3 Å². The Morgan fingerprint density at radius 2 is 2.20 bits per heavy atom. The maximum absolute atomic E-state index is 12.0. The molecule has 1 saturated heterocycles. The maximum atomic E-state index is 12.0. The molecule has 7 nitrogen and oxygen atoms in total. The molecule has 0 bridgehead atoms. The quantitative estimate of drug-likeness (QED) is 0.823. The van der Waals surface area contributed by atoms with Gasteiger partial charge in [-0.05, 0) is 34.1 Å². The van der Waals surface area contributed by atoms with Gasteiger partial charge in [0.15, 0.2) is 0 Å². The van der Waals surface area contributed by atoms with Gasteiger partial charge in [-0.25, -0.2) is 13.6 Å². The number of halogens is 1. The monoisotopic (exact) mass is 358 g/mol. The third-order valence-corrected chi connectivity index (χ3v) is 5.21. The number of nitrogens with one attached hydrogen (secondary N) is 1. The third kappa shape index (κ3) is 2.21. The molecule has 106 valence electrons. The average Bonchev–Trinajstić information content (AvgIpc) is 2.93. The number of hydrogen-bond donors (Lipinski definition) is 2. The van der Waals surface area contributed by atoms with Crippen LogP contribution in [-0.4, -0.2) is 36.3 Å². The van der Waals surface area contributed by atoms with Gasteiger partial charge in [0.1, 0.15) is 9.85 Å². The van der Waals surface area contributed by atoms with Crippen molar-refractivity contribution < 1.29 is 13.2 Å². The van der Waals surface area contributed by atoms with Gasteiger partial charge in [-0.1, -0.05) is 0 Å². The molecule has 1 unspecified atom stereocenters. The van der Waals surface area contributed by atoms with Gasteiger partial charge in [0.25, 0.3) is 0 Å². The molecule has 3 rings (SSSR count). The van der Waals surface area contributed by atoms with Gasteiger partial charge in [-0.15, -0.1) is 0 Å². The zero-order valence-electron chi connectivity index (χ0n) is 10.2. The van der Waals surface area contributed by atoms with Gasteiger partial charge in [0.2, 0.25) is 15.9 Å². The summed E-state index contributed by atoms with van der Waals surface area (Å²) in [5.41, 5.74) is 1.39. The molecule has 1 aliphatic heterocycles. The van der Waals surface area contributed by atoms with Crippen LogP contribution >= 0.6 is 15.9 Å². The van der Waals surface area contributed by atoms with Crippen molar-refractivity contribution >= 4 is 48.5 Å². The van der Waals surface area contributed by atoms with Crippen molar-refractivity contribution in [2.75, 3.05) is 11.4 Å². The van der Waals surface area contributed by atoms with Crippen LogP contribution in [0.3, 0.4) is 0 Å². The number of carbonyl (C=O) groups is 1. The van der Waals surface area contributed by atoms with Crippen molar-refractivity contribution in [3.05, 3.63) is 22.8 Å². The highest BCUT2D eigenvalue weighted by Crippen LogP contribution is 2.29. The predicted molar refractivity (Wildman–Crippen MR) is 77.7 cm³/mol. The first kappa shape index (κ1) is 13.5. The lowest BCUT2D eigenvalue weighted by molar-refractivity contribution is -0.117. The molecule has 1 amide bonds. The molecule has 2 heterocycles. The number of nitrogens with zero attached hydrogens (tertiary/aromatic N) is 2. The molecule has 9 heteroatoms. The Labute approximate surface area is 123 Å². The van der Waals surface area contributed by atoms with Crippen LogP contribution in [0.4, 0.5) is 5.69 Å². The topological polar surface area (TPSA) is 109 Å². The number of sulfonamides is 1. The molecule has 0 aliphatic carbocycles. The maximum Gasteiger partial charge on any atom is 0.228 e. The fourth-order valence-corrected chi connectivity index (χ4v) is 3.42. The number of hydrogen-bond acceptors (Lipinski definition) is 4. The molecule has 1 aliphatic rings. The SMILES string of the molecule is NS(=O)(=O)C1CC(=O)N(c2ccc3n[nH]c(Br)c3c2)C1. The lowest BCUT2D eigenvalue weighted by atomic mass is 10.2. The summed E-state index contributed by atoms with van der Waals surface area (Å²) in [6, 6.07) is 5.29. The lowest BCUT2D eigenvalue weighted by Gasteiger charge is -2.16. The Balaban J connectivity index is 1.99. The second-order valence-electron chi connectivity index (χ2n) is 4.66. The fraction of sp³-hybridized carbons (Fsp3) is 0.273. The van der Waals surface area contributed by atoms with Gasteiger partial charge in [0.05, 0.1) is 5.52 Å². The highest BCUT2D eigenvalue weighted by atomic mass is 79.9. The van der Waals surface area contributed by atoms with Crippen molar-refractivity contribution in [3.8, 4) is 0 Å². The summed E-state index contributed by atoms with van der Waals surface area (Å²) in [6.07, 6.45) is -0.0799. The summed E-state index contributed by atoms with van der Waals surface area (Å²) in [7, 11) is -3.71. The van der Waals surface area contributed by atoms with Crippen molar-refractivity contribution in [3.63, 3.8) is 0 Å². The van der Waals surface area contributed by atoms with Crippen LogP contribution < -0.4 is 10.0 Å². The van der Waals surface area contributed by atoms with E-state index in [1.165, 1.54) is 4.90 Å². The summed E-state index contributed by atoms with van der Waals surface area (Å²) in [5.74, 6) is -0.247. The van der Waals surface area contributed by atoms with Gasteiger partial charge in [0, 0.05) is 24.0 Å². The van der Waals surface area contributed by atoms with Crippen LogP contribution in [0.15, 0.2) is 22.8 Å². The van der Waals surface area contributed by atoms with Gasteiger partial charge in [-0.3, -0.25) is 9.89 Å². The van der Waals surface area contributed by atoms with Gasteiger partial charge < -0.3 is 4.90 Å². The molecule has 1 aromatic heterocycles. The van der Waals surface area contributed by atoms with E-state index >= 15 is 0 Å². The number of aromatic amines is 1. The van der Waals surface area contributed by atoms with E-state index in [1.807, 2.05) is 0 Å². The van der Waals surface area contributed by atoms with E-state index in [2.05, 4.69) is 26.1 Å². The molecular formula is C11H11BrN4O3S. The molecule has 0 radical (unpaired) electrons. The Morgan fingerprint density at radius 3 is 2.85 bits per heavy atom. The van der Waals surface area contributed by atoms with E-state index in [0.717, 1.165) is 10.9 Å². The average molecular weight is 359 g/mol. The fourth-order valence-electron chi connectivity index (χ4n) is 2.28. The largest absolute Gasteiger partial charge is 0.311 e. The van der Waals surface area contributed by atoms with E-state index < -0.39 is 15.3 Å². The number of H-pyrrole nitrogens is 1. The molecule has 3 N–H and O–H groups in total. The smallest absolute Gasteiger partial charge is 0.228 e. The zero-order valence-corrected chi connectivity index (χ0v) is 12.6. The summed E-state index contributed by atoms with van der Waals surface area (Å²) in [6.45, 7) is 0.0820. The minimum atomic E-state index is -3.71. The number of aromatic nitrogens is 2. The molecule has 1 atom stereocenters. The molecular weight excluding hydrogens is 348 g/mol. The van der Waals surface area contributed by atoms with Crippen LogP contribution in [0.25, 0.3) is 10.9 Å². The Kier molecular flexibility index (Phi) is 3.07. The zero-order chi connectivity index (χ0) is 14.5. The van der Waals surface area contributed by atoms with E-state index in [1.54, 1.807) is 18.2 Å². The summed E-state index contributed by atoms with van der Waals surface area (Å²) in [4.78, 5) is 13.4. The van der Waals surface area contributed by atoms with Crippen molar-refractivity contribution in [2.45, 2.75) is 11.7 Å². The van der Waals surface area contributed by atoms with Crippen molar-refractivity contribution in [1.29, 1.82) is 0 Å². The highest BCUT2D eigenvalue weighted by Gasteiger charge is 2.37. The summed E-state index contributed by atoms with van der Waals surface area (Å²) < 4.78 is 23.4. The van der Waals surface area contributed by atoms with Crippen molar-refractivity contribution in [1.82, 2.24) is 10.2 Å². The molecule has 1 aromatic carbocycles. The van der Waals surface area contributed by atoms with E-state index in [4.69, 9.17) is 5.14 Å². The van der Waals surface area contributed by atoms with E-state index in [-0.39, 0.29) is 18.9 Å². The Morgan fingerprint density at radius 1 is 1.45 bits per heavy atom. The molecule has 2 aromatic rings. The van der Waals surface area contributed by atoms with Gasteiger partial charge >= 0.3 is 0 Å². The predicted octanol–water partition coefficient (Wildman–Crippen LogP) is 0.719. The first-order valence-electron chi connectivity index (χ1n) is 5.82. The minimum Gasteiger partial charge on any atom is -0.311 e. The van der Waals surface area contributed by atoms with Crippen LogP contribution in [0, 0.1) is 0 Å². The third-order valence-electron chi connectivity index (χ3n) is 3.36. The van der Waals surface area contributed by atoms with Crippen molar-refractivity contribution in [2.24, 2.45) is 5.14 Å². The number of benzene rings is 1. The molecule has 0 saturated carbocycles. The number of rotatable bonds is 2. The number of nitrogens with two attached hydrogens (primary N) is 1. The van der Waals surface area contributed by atoms with Crippen LogP contribution in [0.5, 0.6) is 0 Å². The molecule has 1 fully saturated rings. The number of anilines is 1. The number of amides is 1. The summed E-state index contributed by atoms with van der Waals surface area (Å²) >= 11 is 3.33. The number of carbonyl (C=O) groups excluding carboxylic acids is 1. The second kappa shape index (κ2) is 4.54. The minimum absolute atomic E-state index is 0.0799. The van der Waals surface area contributed by atoms with Gasteiger partial charge in [-0.2, -0.15) is 5.10 Å². The van der Waals surface area contributed by atoms with Crippen LogP contribution in [0.1, 0.15) is 6.42 Å². The van der Waals surface area contributed by atoms with Crippen LogP contribution in [-0.2, 0) is 14.8 Å². The Hall–Kier alpha value is -1.45. The van der Waals surface area contributed by atoms with Crippen LogP contribution in [0.2, 0.25) is 0 Å². The lowest BCUT2D eigenvalue weighted by Crippen LogP contribution is -2.32. The standard InChI is InChI=1S/C11H11BrN4O3S/c12-11-8-3-6(1-2-9(8)14-15-11)16-5-7(4-10(16)17)20(13,18)19/h1-3,7H,4-5H2,(H,14,15)(H2,13,18,19). The molecule has 20 heavy (non-hydrogen) atoms. The highest BCUT2D eigenvalue weighted by molar-refractivity contribution is 9.10. The second-order valence-corrected chi connectivity index (χ2v) is 7.30. The van der Waals surface area contributed by atoms with E-state index in [9.17, 15) is 13.2 Å². The molecule has 0 spiro atoms. The first-order valence-corrected chi connectivity index (χ1v) is 8.22. The summed E-state index contributed by atoms with van der Waals surface area (Å²) in [5, 5.41) is 11.9. The number of primary sulfonamides is 1. The normalized spacial score (nSPS) is 20.0. The number of fused-ring (bicyclic) bond motifs is 1. The first-order chi connectivity index (χ1) is 9.36.